The maximum Gasteiger partial charge on any atom is 0.173 e. The van der Waals surface area contributed by atoms with Crippen LogP contribution in [0.4, 0.5) is 5.69 Å². The number of rotatable bonds is 6. The number of aryl methyl sites for hydroxylation is 1. The minimum absolute atomic E-state index is 0.414. The van der Waals surface area contributed by atoms with E-state index in [2.05, 4.69) is 30.4 Å². The molecule has 4 nitrogen and oxygen atoms in total. The van der Waals surface area contributed by atoms with Crippen molar-refractivity contribution >= 4 is 23.0 Å². The van der Waals surface area contributed by atoms with Crippen LogP contribution in [0.15, 0.2) is 47.1 Å². The Morgan fingerprint density at radius 2 is 2.23 bits per heavy atom. The molecule has 1 heterocycles. The molecular weight excluding hydrogens is 294 g/mol. The highest BCUT2D eigenvalue weighted by atomic mass is 32.1. The molecule has 0 amide bonds. The second-order valence-electron chi connectivity index (χ2n) is 4.89. The number of hydrogen-bond donors (Lipinski definition) is 1. The zero-order chi connectivity index (χ0) is 15.8. The molecule has 0 aliphatic rings. The number of hydrogen-bond acceptors (Lipinski definition) is 3. The lowest BCUT2D eigenvalue weighted by Crippen LogP contribution is -2.34. The first-order valence-electron chi connectivity index (χ1n) is 7.27. The van der Waals surface area contributed by atoms with E-state index >= 15 is 0 Å². The molecule has 0 saturated heterocycles. The molecule has 0 atom stereocenters. The molecule has 2 rings (SSSR count). The first-order chi connectivity index (χ1) is 10.7. The fourth-order valence-electron chi connectivity index (χ4n) is 2.10. The normalized spacial score (nSPS) is 10.0. The summed E-state index contributed by atoms with van der Waals surface area (Å²) in [6.07, 6.45) is 3.03. The highest BCUT2D eigenvalue weighted by Crippen LogP contribution is 2.14. The topological polar surface area (TPSA) is 52.2 Å². The Bertz CT molecular complexity index is 646. The summed E-state index contributed by atoms with van der Waals surface area (Å²) >= 11 is 5.49. The standard InChI is InChI=1S/C17H19N3OS/c1-2-14-6-3-7-15(12-14)19-17(22)20(10-5-9-18)13-16-8-4-11-21-16/h3-4,6-8,11-12H,2,5,10,13H2,1H3,(H,19,22). The molecule has 0 unspecified atom stereocenters. The zero-order valence-electron chi connectivity index (χ0n) is 12.6. The first-order valence-corrected chi connectivity index (χ1v) is 7.68. The third kappa shape index (κ3) is 4.61. The van der Waals surface area contributed by atoms with Gasteiger partial charge in [-0.15, -0.1) is 0 Å². The summed E-state index contributed by atoms with van der Waals surface area (Å²) in [5.41, 5.74) is 2.22. The van der Waals surface area contributed by atoms with E-state index < -0.39 is 0 Å². The number of benzene rings is 1. The van der Waals surface area contributed by atoms with E-state index in [-0.39, 0.29) is 0 Å². The van der Waals surface area contributed by atoms with Gasteiger partial charge in [-0.05, 0) is 48.5 Å². The summed E-state index contributed by atoms with van der Waals surface area (Å²) in [5.74, 6) is 0.824. The van der Waals surface area contributed by atoms with Crippen molar-refractivity contribution in [1.82, 2.24) is 4.90 Å². The molecule has 2 aromatic rings. The average Bonchev–Trinajstić information content (AvgIpc) is 3.04. The Hall–Kier alpha value is -2.32. The molecule has 0 radical (unpaired) electrons. The minimum atomic E-state index is 0.414. The molecule has 114 valence electrons. The lowest BCUT2D eigenvalue weighted by atomic mass is 10.1. The fraction of sp³-hybridized carbons (Fsp3) is 0.294. The first kappa shape index (κ1) is 16.1. The summed E-state index contributed by atoms with van der Waals surface area (Å²) in [7, 11) is 0. The van der Waals surface area contributed by atoms with Crippen LogP contribution in [0, 0.1) is 11.3 Å². The van der Waals surface area contributed by atoms with Crippen molar-refractivity contribution in [3.8, 4) is 6.07 Å². The Balaban J connectivity index is 2.05. The maximum atomic E-state index is 8.82. The molecule has 0 bridgehead atoms. The molecule has 0 spiro atoms. The van der Waals surface area contributed by atoms with Crippen molar-refractivity contribution in [1.29, 1.82) is 5.26 Å². The van der Waals surface area contributed by atoms with Crippen LogP contribution in [0.25, 0.3) is 0 Å². The van der Waals surface area contributed by atoms with Crippen molar-refractivity contribution in [3.63, 3.8) is 0 Å². The van der Waals surface area contributed by atoms with Gasteiger partial charge in [0.1, 0.15) is 5.76 Å². The van der Waals surface area contributed by atoms with Gasteiger partial charge in [-0.2, -0.15) is 5.26 Å². The number of nitrogens with zero attached hydrogens (tertiary/aromatic N) is 2. The third-order valence-corrected chi connectivity index (χ3v) is 3.65. The number of nitriles is 1. The number of furan rings is 1. The smallest absolute Gasteiger partial charge is 0.173 e. The quantitative estimate of drug-likeness (QED) is 0.818. The summed E-state index contributed by atoms with van der Waals surface area (Å²) in [6, 6.07) is 14.1. The second kappa shape index (κ2) is 8.20. The zero-order valence-corrected chi connectivity index (χ0v) is 13.4. The molecule has 1 aromatic heterocycles. The summed E-state index contributed by atoms with van der Waals surface area (Å²) in [4.78, 5) is 1.94. The van der Waals surface area contributed by atoms with Gasteiger partial charge >= 0.3 is 0 Å². The highest BCUT2D eigenvalue weighted by molar-refractivity contribution is 7.80. The van der Waals surface area contributed by atoms with E-state index in [1.54, 1.807) is 6.26 Å². The number of nitrogens with one attached hydrogen (secondary N) is 1. The third-order valence-electron chi connectivity index (χ3n) is 3.29. The van der Waals surface area contributed by atoms with Gasteiger partial charge in [-0.3, -0.25) is 0 Å². The SMILES string of the molecule is CCc1cccc(NC(=S)N(CCC#N)Cc2ccco2)c1. The minimum Gasteiger partial charge on any atom is -0.467 e. The van der Waals surface area contributed by atoms with Gasteiger partial charge in [-0.1, -0.05) is 19.1 Å². The Labute approximate surface area is 136 Å². The Kier molecular flexibility index (Phi) is 5.99. The maximum absolute atomic E-state index is 8.82. The van der Waals surface area contributed by atoms with Crippen LogP contribution in [-0.2, 0) is 13.0 Å². The summed E-state index contributed by atoms with van der Waals surface area (Å²) in [5, 5.41) is 12.7. The molecule has 0 aliphatic heterocycles. The van der Waals surface area contributed by atoms with Gasteiger partial charge in [0.25, 0.3) is 0 Å². The van der Waals surface area contributed by atoms with E-state index in [1.807, 2.05) is 29.2 Å². The van der Waals surface area contributed by atoms with E-state index in [4.69, 9.17) is 21.9 Å². The monoisotopic (exact) mass is 313 g/mol. The van der Waals surface area contributed by atoms with E-state index in [0.717, 1.165) is 17.9 Å². The molecule has 1 N–H and O–H groups in total. The van der Waals surface area contributed by atoms with Crippen molar-refractivity contribution in [3.05, 3.63) is 54.0 Å². The molecule has 0 fully saturated rings. The summed E-state index contributed by atoms with van der Waals surface area (Å²) in [6.45, 7) is 3.23. The number of anilines is 1. The molecular formula is C17H19N3OS. The Morgan fingerprint density at radius 1 is 1.36 bits per heavy atom. The summed E-state index contributed by atoms with van der Waals surface area (Å²) < 4.78 is 5.37. The Morgan fingerprint density at radius 3 is 2.91 bits per heavy atom. The predicted octanol–water partition coefficient (Wildman–Crippen LogP) is 3.95. The van der Waals surface area contributed by atoms with Crippen LogP contribution >= 0.6 is 12.2 Å². The van der Waals surface area contributed by atoms with E-state index in [0.29, 0.717) is 24.6 Å². The van der Waals surface area contributed by atoms with E-state index in [9.17, 15) is 0 Å². The van der Waals surface area contributed by atoms with Gasteiger partial charge in [0.2, 0.25) is 0 Å². The van der Waals surface area contributed by atoms with Crippen LogP contribution in [0.1, 0.15) is 24.7 Å². The predicted molar refractivity (Wildman–Crippen MR) is 91.4 cm³/mol. The van der Waals surface area contributed by atoms with Crippen LogP contribution in [-0.4, -0.2) is 16.6 Å². The van der Waals surface area contributed by atoms with Crippen LogP contribution < -0.4 is 5.32 Å². The molecule has 1 aromatic carbocycles. The van der Waals surface area contributed by atoms with Crippen molar-refractivity contribution in [2.75, 3.05) is 11.9 Å². The molecule has 22 heavy (non-hydrogen) atoms. The van der Waals surface area contributed by atoms with Gasteiger partial charge in [0.15, 0.2) is 5.11 Å². The van der Waals surface area contributed by atoms with Crippen molar-refractivity contribution in [2.45, 2.75) is 26.3 Å². The van der Waals surface area contributed by atoms with Crippen LogP contribution in [0.3, 0.4) is 0 Å². The van der Waals surface area contributed by atoms with Gasteiger partial charge < -0.3 is 14.6 Å². The largest absolute Gasteiger partial charge is 0.467 e. The highest BCUT2D eigenvalue weighted by Gasteiger charge is 2.12. The fourth-order valence-corrected chi connectivity index (χ4v) is 2.37. The van der Waals surface area contributed by atoms with Gasteiger partial charge in [0, 0.05) is 12.2 Å². The molecule has 5 heteroatoms. The van der Waals surface area contributed by atoms with Crippen molar-refractivity contribution in [2.24, 2.45) is 0 Å². The van der Waals surface area contributed by atoms with Crippen LogP contribution in [0.2, 0.25) is 0 Å². The van der Waals surface area contributed by atoms with Crippen LogP contribution in [0.5, 0.6) is 0 Å². The lowest BCUT2D eigenvalue weighted by molar-refractivity contribution is 0.371. The second-order valence-corrected chi connectivity index (χ2v) is 5.28. The lowest BCUT2D eigenvalue weighted by Gasteiger charge is -2.24. The van der Waals surface area contributed by atoms with Crippen molar-refractivity contribution < 1.29 is 4.42 Å². The molecule has 0 aliphatic carbocycles. The van der Waals surface area contributed by atoms with E-state index in [1.165, 1.54) is 5.56 Å². The van der Waals surface area contributed by atoms with Gasteiger partial charge in [0.05, 0.1) is 25.3 Å². The number of thiocarbonyl (C=S) groups is 1. The average molecular weight is 313 g/mol. The van der Waals surface area contributed by atoms with Gasteiger partial charge in [-0.25, -0.2) is 0 Å². The molecule has 0 saturated carbocycles.